The Balaban J connectivity index is 1.34. The van der Waals surface area contributed by atoms with Crippen LogP contribution in [-0.4, -0.2) is 68.1 Å². The molecular formula is C22H27ClN6O2. The van der Waals surface area contributed by atoms with Gasteiger partial charge in [0.2, 0.25) is 5.91 Å². The van der Waals surface area contributed by atoms with Crippen LogP contribution in [0.25, 0.3) is 11.0 Å². The van der Waals surface area contributed by atoms with Gasteiger partial charge in [0.1, 0.15) is 18.0 Å². The third-order valence-corrected chi connectivity index (χ3v) is 5.93. The second-order valence-electron chi connectivity index (χ2n) is 8.36. The maximum absolute atomic E-state index is 12.7. The number of amides is 1. The molecule has 3 aromatic rings. The van der Waals surface area contributed by atoms with Crippen LogP contribution in [0.15, 0.2) is 30.6 Å². The predicted molar refractivity (Wildman–Crippen MR) is 120 cm³/mol. The standard InChI is InChI=1S/C22H27ClN6O2/c1-15-10-20(25-14-24-15)29-9-3-8-22(31,13-29)12-28(2)21(30)7-6-19-26-17-5-4-16(23)11-18(17)27-19/h4-5,10-11,14,31H,3,6-9,12-13H2,1-2H3,(H,26,27)/t22-/m0/s1. The number of benzene rings is 1. The van der Waals surface area contributed by atoms with Gasteiger partial charge < -0.3 is 19.9 Å². The van der Waals surface area contributed by atoms with Gasteiger partial charge in [0, 0.05) is 49.8 Å². The van der Waals surface area contributed by atoms with Crippen LogP contribution < -0.4 is 4.90 Å². The quantitative estimate of drug-likeness (QED) is 0.609. The van der Waals surface area contributed by atoms with Gasteiger partial charge in [0.15, 0.2) is 0 Å². The zero-order valence-corrected chi connectivity index (χ0v) is 18.6. The van der Waals surface area contributed by atoms with Crippen LogP contribution in [0.1, 0.15) is 30.8 Å². The zero-order valence-electron chi connectivity index (χ0n) is 17.8. The van der Waals surface area contributed by atoms with Crippen molar-refractivity contribution in [1.82, 2.24) is 24.8 Å². The van der Waals surface area contributed by atoms with Crippen molar-refractivity contribution in [3.8, 4) is 0 Å². The summed E-state index contributed by atoms with van der Waals surface area (Å²) in [6, 6.07) is 7.39. The second kappa shape index (κ2) is 8.80. The minimum Gasteiger partial charge on any atom is -0.386 e. The maximum Gasteiger partial charge on any atom is 0.222 e. The van der Waals surface area contributed by atoms with Crippen molar-refractivity contribution in [3.63, 3.8) is 0 Å². The molecule has 0 bridgehead atoms. The number of carbonyl (C=O) groups excluding carboxylic acids is 1. The molecule has 1 atom stereocenters. The number of hydrogen-bond donors (Lipinski definition) is 2. The lowest BCUT2D eigenvalue weighted by atomic mass is 9.92. The summed E-state index contributed by atoms with van der Waals surface area (Å²) in [5.74, 6) is 1.53. The largest absolute Gasteiger partial charge is 0.386 e. The SMILES string of the molecule is Cc1cc(N2CCC[C@](O)(CN(C)C(=O)CCc3nc4ccc(Cl)cc4[nH]3)C2)ncn1. The fourth-order valence-corrected chi connectivity index (χ4v) is 4.32. The molecule has 0 spiro atoms. The van der Waals surface area contributed by atoms with E-state index in [0.717, 1.165) is 41.3 Å². The molecule has 3 heterocycles. The third kappa shape index (κ3) is 5.14. The summed E-state index contributed by atoms with van der Waals surface area (Å²) in [7, 11) is 1.74. The maximum atomic E-state index is 12.7. The van der Waals surface area contributed by atoms with Crippen LogP contribution in [-0.2, 0) is 11.2 Å². The number of nitrogens with zero attached hydrogens (tertiary/aromatic N) is 5. The second-order valence-corrected chi connectivity index (χ2v) is 8.80. The Morgan fingerprint density at radius 1 is 1.35 bits per heavy atom. The molecular weight excluding hydrogens is 416 g/mol. The van der Waals surface area contributed by atoms with E-state index in [0.29, 0.717) is 30.8 Å². The van der Waals surface area contributed by atoms with E-state index in [-0.39, 0.29) is 12.5 Å². The number of fused-ring (bicyclic) bond motifs is 1. The first-order valence-electron chi connectivity index (χ1n) is 10.5. The number of H-pyrrole nitrogens is 1. The first-order valence-corrected chi connectivity index (χ1v) is 10.8. The number of aliphatic hydroxyl groups is 1. The average Bonchev–Trinajstić information content (AvgIpc) is 3.13. The fourth-order valence-electron chi connectivity index (χ4n) is 4.15. The van der Waals surface area contributed by atoms with Crippen LogP contribution in [0.3, 0.4) is 0 Å². The first kappa shape index (κ1) is 21.5. The van der Waals surface area contributed by atoms with Gasteiger partial charge >= 0.3 is 0 Å². The minimum absolute atomic E-state index is 0.0260. The molecule has 1 aromatic carbocycles. The van der Waals surface area contributed by atoms with E-state index in [9.17, 15) is 9.90 Å². The van der Waals surface area contributed by atoms with E-state index < -0.39 is 5.60 Å². The summed E-state index contributed by atoms with van der Waals surface area (Å²) in [6.07, 6.45) is 3.84. The highest BCUT2D eigenvalue weighted by molar-refractivity contribution is 6.31. The van der Waals surface area contributed by atoms with Crippen molar-refractivity contribution in [2.24, 2.45) is 0 Å². The number of likely N-dealkylation sites (N-methyl/N-ethyl adjacent to an activating group) is 1. The molecule has 1 amide bonds. The summed E-state index contributed by atoms with van der Waals surface area (Å²) in [5, 5.41) is 11.8. The molecule has 1 saturated heterocycles. The zero-order chi connectivity index (χ0) is 22.0. The van der Waals surface area contributed by atoms with Crippen molar-refractivity contribution in [2.45, 2.75) is 38.2 Å². The Kier molecular flexibility index (Phi) is 6.11. The highest BCUT2D eigenvalue weighted by Crippen LogP contribution is 2.26. The Morgan fingerprint density at radius 3 is 3.00 bits per heavy atom. The Labute approximate surface area is 186 Å². The Bertz CT molecular complexity index is 1090. The number of anilines is 1. The van der Waals surface area contributed by atoms with Crippen molar-refractivity contribution >= 4 is 34.4 Å². The third-order valence-electron chi connectivity index (χ3n) is 5.69. The van der Waals surface area contributed by atoms with Crippen LogP contribution in [0.5, 0.6) is 0 Å². The number of aryl methyl sites for hydroxylation is 2. The van der Waals surface area contributed by atoms with E-state index >= 15 is 0 Å². The molecule has 0 unspecified atom stereocenters. The molecule has 4 rings (SSSR count). The van der Waals surface area contributed by atoms with Crippen molar-refractivity contribution in [3.05, 3.63) is 47.1 Å². The van der Waals surface area contributed by atoms with Gasteiger partial charge in [-0.3, -0.25) is 4.79 Å². The summed E-state index contributed by atoms with van der Waals surface area (Å²) < 4.78 is 0. The van der Waals surface area contributed by atoms with E-state index in [2.05, 4.69) is 24.8 Å². The van der Waals surface area contributed by atoms with Crippen molar-refractivity contribution in [2.75, 3.05) is 31.6 Å². The van der Waals surface area contributed by atoms with Crippen LogP contribution >= 0.6 is 11.6 Å². The molecule has 8 nitrogen and oxygen atoms in total. The fraction of sp³-hybridized carbons (Fsp3) is 0.455. The minimum atomic E-state index is -0.975. The molecule has 1 fully saturated rings. The monoisotopic (exact) mass is 442 g/mol. The van der Waals surface area contributed by atoms with E-state index in [1.54, 1.807) is 24.3 Å². The lowest BCUT2D eigenvalue weighted by Crippen LogP contribution is -2.55. The number of halogens is 1. The molecule has 2 N–H and O–H groups in total. The lowest BCUT2D eigenvalue weighted by Gasteiger charge is -2.41. The molecule has 0 saturated carbocycles. The molecule has 0 radical (unpaired) electrons. The molecule has 164 valence electrons. The Morgan fingerprint density at radius 2 is 2.19 bits per heavy atom. The van der Waals surface area contributed by atoms with Gasteiger partial charge in [-0.1, -0.05) is 11.6 Å². The Hall–Kier alpha value is -2.71. The van der Waals surface area contributed by atoms with Gasteiger partial charge in [0.25, 0.3) is 0 Å². The van der Waals surface area contributed by atoms with Crippen LogP contribution in [0, 0.1) is 6.92 Å². The number of carbonyl (C=O) groups is 1. The number of aromatic nitrogens is 4. The molecule has 2 aromatic heterocycles. The van der Waals surface area contributed by atoms with Gasteiger partial charge in [-0.15, -0.1) is 0 Å². The topological polar surface area (TPSA) is 98.2 Å². The van der Waals surface area contributed by atoms with Crippen molar-refractivity contribution in [1.29, 1.82) is 0 Å². The normalized spacial score (nSPS) is 19.0. The molecule has 0 aliphatic carbocycles. The highest BCUT2D eigenvalue weighted by atomic mass is 35.5. The molecule has 1 aliphatic heterocycles. The highest BCUT2D eigenvalue weighted by Gasteiger charge is 2.36. The number of rotatable bonds is 6. The van der Waals surface area contributed by atoms with Crippen LogP contribution in [0.2, 0.25) is 5.02 Å². The van der Waals surface area contributed by atoms with E-state index in [1.165, 1.54) is 0 Å². The van der Waals surface area contributed by atoms with Gasteiger partial charge in [-0.2, -0.15) is 0 Å². The molecule has 1 aliphatic rings. The summed E-state index contributed by atoms with van der Waals surface area (Å²) in [6.45, 7) is 3.46. The van der Waals surface area contributed by atoms with E-state index in [4.69, 9.17) is 11.6 Å². The number of piperidine rings is 1. The van der Waals surface area contributed by atoms with Crippen molar-refractivity contribution < 1.29 is 9.90 Å². The molecule has 31 heavy (non-hydrogen) atoms. The van der Waals surface area contributed by atoms with Crippen LogP contribution in [0.4, 0.5) is 5.82 Å². The number of aromatic amines is 1. The number of nitrogens with one attached hydrogen (secondary N) is 1. The van der Waals surface area contributed by atoms with Gasteiger partial charge in [-0.05, 0) is 38.0 Å². The summed E-state index contributed by atoms with van der Waals surface area (Å²) >= 11 is 6.02. The molecule has 9 heteroatoms. The van der Waals surface area contributed by atoms with Gasteiger partial charge in [-0.25, -0.2) is 15.0 Å². The number of hydrogen-bond acceptors (Lipinski definition) is 6. The number of imidazole rings is 1. The number of β-amino-alcohol motifs (C(OH)–C–C–N with tert-alkyl or cyclic N) is 1. The predicted octanol–water partition coefficient (Wildman–Crippen LogP) is 2.74. The van der Waals surface area contributed by atoms with Gasteiger partial charge in [0.05, 0.1) is 23.2 Å². The average molecular weight is 443 g/mol. The van der Waals surface area contributed by atoms with E-state index in [1.807, 2.05) is 25.1 Å². The summed E-state index contributed by atoms with van der Waals surface area (Å²) in [4.78, 5) is 32.6. The summed E-state index contributed by atoms with van der Waals surface area (Å²) in [5.41, 5.74) is 1.60. The lowest BCUT2D eigenvalue weighted by molar-refractivity contribution is -0.133. The first-order chi connectivity index (χ1) is 14.8. The smallest absolute Gasteiger partial charge is 0.222 e.